The molecule has 0 aliphatic heterocycles. The summed E-state index contributed by atoms with van der Waals surface area (Å²) in [6, 6.07) is 19.6. The van der Waals surface area contributed by atoms with Gasteiger partial charge in [0.15, 0.2) is 5.78 Å². The number of hydrogen-bond acceptors (Lipinski definition) is 4. The number of benzene rings is 3. The normalized spacial score (nSPS) is 12.1. The van der Waals surface area contributed by atoms with E-state index < -0.39 is 0 Å². The van der Waals surface area contributed by atoms with Crippen molar-refractivity contribution in [1.29, 1.82) is 0 Å². The van der Waals surface area contributed by atoms with E-state index in [1.54, 1.807) is 49.6 Å². The van der Waals surface area contributed by atoms with E-state index in [2.05, 4.69) is 5.10 Å². The van der Waals surface area contributed by atoms with Crippen LogP contribution >= 0.6 is 0 Å². The van der Waals surface area contributed by atoms with E-state index in [4.69, 9.17) is 4.74 Å². The average molecular weight is 354 g/mol. The van der Waals surface area contributed by atoms with Gasteiger partial charge in [-0.3, -0.25) is 9.59 Å². The molecule has 1 aliphatic rings. The third-order valence-corrected chi connectivity index (χ3v) is 4.91. The zero-order valence-corrected chi connectivity index (χ0v) is 14.5. The molecular weight excluding hydrogens is 340 g/mol. The van der Waals surface area contributed by atoms with Gasteiger partial charge >= 0.3 is 0 Å². The van der Waals surface area contributed by atoms with Gasteiger partial charge in [0.25, 0.3) is 5.91 Å². The first kappa shape index (κ1) is 15.5. The summed E-state index contributed by atoms with van der Waals surface area (Å²) in [5.74, 6) is 0.385. The van der Waals surface area contributed by atoms with Crippen LogP contribution in [0, 0.1) is 0 Å². The molecule has 130 valence electrons. The largest absolute Gasteiger partial charge is 0.497 e. The van der Waals surface area contributed by atoms with Crippen LogP contribution in [-0.4, -0.2) is 28.6 Å². The summed E-state index contributed by atoms with van der Waals surface area (Å²) < 4.78 is 6.53. The molecule has 3 aromatic carbocycles. The van der Waals surface area contributed by atoms with Crippen molar-refractivity contribution in [2.24, 2.45) is 0 Å². The molecule has 0 saturated heterocycles. The number of ketones is 1. The second-order valence-electron chi connectivity index (χ2n) is 6.37. The van der Waals surface area contributed by atoms with Crippen molar-refractivity contribution < 1.29 is 14.3 Å². The minimum absolute atomic E-state index is 0.0415. The molecule has 0 N–H and O–H groups in total. The monoisotopic (exact) mass is 354 g/mol. The Labute approximate surface area is 154 Å². The summed E-state index contributed by atoms with van der Waals surface area (Å²) in [6.07, 6.45) is 0. The Hall–Kier alpha value is -3.73. The molecule has 0 unspecified atom stereocenters. The van der Waals surface area contributed by atoms with Crippen LogP contribution in [0.25, 0.3) is 22.2 Å². The summed E-state index contributed by atoms with van der Waals surface area (Å²) in [5.41, 5.74) is 3.74. The van der Waals surface area contributed by atoms with E-state index in [9.17, 15) is 9.59 Å². The van der Waals surface area contributed by atoms with E-state index in [0.29, 0.717) is 33.7 Å². The Morgan fingerprint density at radius 3 is 2.33 bits per heavy atom. The van der Waals surface area contributed by atoms with Crippen molar-refractivity contribution in [3.05, 3.63) is 83.4 Å². The topological polar surface area (TPSA) is 61.2 Å². The van der Waals surface area contributed by atoms with Gasteiger partial charge < -0.3 is 4.74 Å². The Balaban J connectivity index is 1.75. The molecule has 0 spiro atoms. The maximum absolute atomic E-state index is 13.1. The van der Waals surface area contributed by atoms with Gasteiger partial charge in [0, 0.05) is 27.6 Å². The lowest BCUT2D eigenvalue weighted by Crippen LogP contribution is -2.13. The highest BCUT2D eigenvalue weighted by atomic mass is 16.5. The molecule has 1 aromatic heterocycles. The van der Waals surface area contributed by atoms with Crippen molar-refractivity contribution in [3.8, 4) is 17.0 Å². The van der Waals surface area contributed by atoms with Crippen molar-refractivity contribution >= 4 is 22.6 Å². The predicted octanol–water partition coefficient (Wildman–Crippen LogP) is 3.94. The second kappa shape index (κ2) is 5.64. The van der Waals surface area contributed by atoms with Gasteiger partial charge in [-0.15, -0.1) is 0 Å². The number of nitrogens with zero attached hydrogens (tertiary/aromatic N) is 2. The highest BCUT2D eigenvalue weighted by molar-refractivity contribution is 6.25. The molecule has 4 aromatic rings. The zero-order chi connectivity index (χ0) is 18.5. The maximum Gasteiger partial charge on any atom is 0.278 e. The Bertz CT molecular complexity index is 1240. The molecular formula is C22H14N2O3. The van der Waals surface area contributed by atoms with Gasteiger partial charge in [-0.1, -0.05) is 36.4 Å². The summed E-state index contributed by atoms with van der Waals surface area (Å²) in [4.78, 5) is 26.0. The first-order valence-corrected chi connectivity index (χ1v) is 8.53. The van der Waals surface area contributed by atoms with Crippen molar-refractivity contribution in [2.45, 2.75) is 0 Å². The SMILES string of the molecule is COc1ccc(C(=O)n2nc3c4c(cccc42)C(=O)c2ccccc2-3)cc1. The number of hydrogen-bond donors (Lipinski definition) is 0. The quantitative estimate of drug-likeness (QED) is 0.482. The maximum atomic E-state index is 13.1. The fourth-order valence-corrected chi connectivity index (χ4v) is 3.59. The predicted molar refractivity (Wildman–Crippen MR) is 101 cm³/mol. The molecule has 5 nitrogen and oxygen atoms in total. The molecule has 27 heavy (non-hydrogen) atoms. The second-order valence-corrected chi connectivity index (χ2v) is 6.37. The van der Waals surface area contributed by atoms with Gasteiger partial charge in [0.05, 0.1) is 12.6 Å². The van der Waals surface area contributed by atoms with Crippen LogP contribution in [0.2, 0.25) is 0 Å². The van der Waals surface area contributed by atoms with Crippen LogP contribution in [0.1, 0.15) is 26.3 Å². The molecule has 0 saturated carbocycles. The number of carbonyl (C=O) groups is 2. The number of methoxy groups -OCH3 is 1. The van der Waals surface area contributed by atoms with Gasteiger partial charge in [0.2, 0.25) is 0 Å². The number of carbonyl (C=O) groups excluding carboxylic acids is 2. The fraction of sp³-hybridized carbons (Fsp3) is 0.0455. The molecule has 0 amide bonds. The first-order chi connectivity index (χ1) is 13.2. The van der Waals surface area contributed by atoms with E-state index in [1.165, 1.54) is 4.68 Å². The molecule has 0 fully saturated rings. The molecule has 5 heteroatoms. The summed E-state index contributed by atoms with van der Waals surface area (Å²) in [6.45, 7) is 0. The minimum Gasteiger partial charge on any atom is -0.497 e. The van der Waals surface area contributed by atoms with Crippen LogP contribution in [0.3, 0.4) is 0 Å². The zero-order valence-electron chi connectivity index (χ0n) is 14.5. The molecule has 1 aliphatic carbocycles. The van der Waals surface area contributed by atoms with Gasteiger partial charge in [-0.25, -0.2) is 0 Å². The standard InChI is InChI=1S/C22H14N2O3/c1-27-14-11-9-13(10-12-14)22(26)24-18-8-4-7-17-19(18)20(23-24)15-5-2-3-6-16(15)21(17)25/h2-12H,1H3. The highest BCUT2D eigenvalue weighted by Gasteiger charge is 2.29. The van der Waals surface area contributed by atoms with Gasteiger partial charge in [-0.2, -0.15) is 9.78 Å². The summed E-state index contributed by atoms with van der Waals surface area (Å²) in [5, 5.41) is 5.32. The van der Waals surface area contributed by atoms with Crippen LogP contribution in [0.15, 0.2) is 66.7 Å². The van der Waals surface area contributed by atoms with Crippen molar-refractivity contribution in [3.63, 3.8) is 0 Å². The van der Waals surface area contributed by atoms with Gasteiger partial charge in [0.1, 0.15) is 11.4 Å². The highest BCUT2D eigenvalue weighted by Crippen LogP contribution is 2.38. The van der Waals surface area contributed by atoms with E-state index in [-0.39, 0.29) is 11.7 Å². The lowest BCUT2D eigenvalue weighted by molar-refractivity contribution is 0.0950. The van der Waals surface area contributed by atoms with Gasteiger partial charge in [-0.05, 0) is 30.3 Å². The summed E-state index contributed by atoms with van der Waals surface area (Å²) in [7, 11) is 1.58. The van der Waals surface area contributed by atoms with Crippen molar-refractivity contribution in [1.82, 2.24) is 9.78 Å². The van der Waals surface area contributed by atoms with E-state index in [1.807, 2.05) is 24.3 Å². The fourth-order valence-electron chi connectivity index (χ4n) is 3.59. The molecule has 0 bridgehead atoms. The van der Waals surface area contributed by atoms with E-state index in [0.717, 1.165) is 10.9 Å². The number of rotatable bonds is 2. The van der Waals surface area contributed by atoms with Crippen LogP contribution in [0.5, 0.6) is 5.75 Å². The Kier molecular flexibility index (Phi) is 3.24. The van der Waals surface area contributed by atoms with Crippen LogP contribution in [0.4, 0.5) is 0 Å². The molecule has 1 heterocycles. The lowest BCUT2D eigenvalue weighted by atomic mass is 9.87. The molecule has 0 radical (unpaired) electrons. The van der Waals surface area contributed by atoms with E-state index >= 15 is 0 Å². The first-order valence-electron chi connectivity index (χ1n) is 8.53. The minimum atomic E-state index is -0.252. The lowest BCUT2D eigenvalue weighted by Gasteiger charge is -2.13. The van der Waals surface area contributed by atoms with Crippen LogP contribution < -0.4 is 4.74 Å². The molecule has 0 atom stereocenters. The number of ether oxygens (including phenoxy) is 1. The number of fused-ring (bicyclic) bond motifs is 2. The molecule has 5 rings (SSSR count). The number of aromatic nitrogens is 2. The third-order valence-electron chi connectivity index (χ3n) is 4.91. The van der Waals surface area contributed by atoms with Crippen LogP contribution in [-0.2, 0) is 0 Å². The smallest absolute Gasteiger partial charge is 0.278 e. The third kappa shape index (κ3) is 2.15. The van der Waals surface area contributed by atoms with Crippen molar-refractivity contribution in [2.75, 3.05) is 7.11 Å². The summed E-state index contributed by atoms with van der Waals surface area (Å²) >= 11 is 0. The Morgan fingerprint density at radius 2 is 1.59 bits per heavy atom. The Morgan fingerprint density at radius 1 is 0.889 bits per heavy atom. The average Bonchev–Trinajstić information content (AvgIpc) is 3.12.